The molecule has 5 nitrogen and oxygen atoms in total. The Balaban J connectivity index is 1.60. The molecule has 0 unspecified atom stereocenters. The fraction of sp³-hybridized carbons (Fsp3) is 0.323. The van der Waals surface area contributed by atoms with Crippen LogP contribution in [0.2, 0.25) is 0 Å². The van der Waals surface area contributed by atoms with Gasteiger partial charge in [-0.25, -0.2) is 0 Å². The summed E-state index contributed by atoms with van der Waals surface area (Å²) in [6, 6.07) is 22.8. The summed E-state index contributed by atoms with van der Waals surface area (Å²) < 4.78 is 11.0. The van der Waals surface area contributed by atoms with Gasteiger partial charge in [-0.1, -0.05) is 61.5 Å². The van der Waals surface area contributed by atoms with Crippen LogP contribution in [0.1, 0.15) is 54.9 Å². The monoisotopic (exact) mass is 484 g/mol. The molecule has 2 N–H and O–H groups in total. The molecule has 0 fully saturated rings. The first-order valence-corrected chi connectivity index (χ1v) is 12.7. The molecule has 0 bridgehead atoms. The molecule has 0 saturated carbocycles. The molecule has 1 aromatic heterocycles. The molecule has 0 aliphatic rings. The lowest BCUT2D eigenvalue weighted by Crippen LogP contribution is -2.33. The Labute approximate surface area is 213 Å². The van der Waals surface area contributed by atoms with Crippen LogP contribution in [-0.2, 0) is 17.6 Å². The molecule has 188 valence electrons. The van der Waals surface area contributed by atoms with Crippen molar-refractivity contribution < 1.29 is 14.3 Å². The van der Waals surface area contributed by atoms with E-state index in [-0.39, 0.29) is 17.9 Å². The van der Waals surface area contributed by atoms with Crippen LogP contribution < -0.4 is 14.8 Å². The van der Waals surface area contributed by atoms with Gasteiger partial charge in [0.15, 0.2) is 11.5 Å². The highest BCUT2D eigenvalue weighted by Crippen LogP contribution is 2.38. The fourth-order valence-corrected chi connectivity index (χ4v) is 4.92. The zero-order chi connectivity index (χ0) is 25.5. The minimum absolute atomic E-state index is 0.0383. The van der Waals surface area contributed by atoms with E-state index < -0.39 is 0 Å². The predicted octanol–water partition coefficient (Wildman–Crippen LogP) is 6.41. The van der Waals surface area contributed by atoms with Crippen LogP contribution in [0.25, 0.3) is 10.9 Å². The van der Waals surface area contributed by atoms with Gasteiger partial charge in [0.2, 0.25) is 5.91 Å². The number of aryl methyl sites for hydroxylation is 2. The van der Waals surface area contributed by atoms with E-state index >= 15 is 0 Å². The Morgan fingerprint density at radius 2 is 1.75 bits per heavy atom. The molecule has 0 radical (unpaired) electrons. The molecule has 3 aromatic carbocycles. The quantitative estimate of drug-likeness (QED) is 0.259. The number of aromatic nitrogens is 1. The molecule has 1 amide bonds. The Bertz CT molecular complexity index is 1300. The maximum Gasteiger partial charge on any atom is 0.221 e. The number of methoxy groups -OCH3 is 2. The Morgan fingerprint density at radius 3 is 2.47 bits per heavy atom. The summed E-state index contributed by atoms with van der Waals surface area (Å²) in [4.78, 5) is 16.8. The van der Waals surface area contributed by atoms with Crippen LogP contribution in [0.4, 0.5) is 0 Å². The van der Waals surface area contributed by atoms with Crippen LogP contribution >= 0.6 is 0 Å². The third-order valence-corrected chi connectivity index (χ3v) is 6.91. The van der Waals surface area contributed by atoms with Gasteiger partial charge in [-0.15, -0.1) is 0 Å². The lowest BCUT2D eigenvalue weighted by Gasteiger charge is -2.21. The normalized spacial score (nSPS) is 12.8. The second-order valence-electron chi connectivity index (χ2n) is 9.30. The third kappa shape index (κ3) is 5.73. The van der Waals surface area contributed by atoms with Crippen molar-refractivity contribution in [1.82, 2.24) is 10.3 Å². The van der Waals surface area contributed by atoms with Crippen LogP contribution in [0.15, 0.2) is 72.9 Å². The summed E-state index contributed by atoms with van der Waals surface area (Å²) in [7, 11) is 3.27. The van der Waals surface area contributed by atoms with Gasteiger partial charge in [-0.3, -0.25) is 4.79 Å². The van der Waals surface area contributed by atoms with Gasteiger partial charge in [0.1, 0.15) is 0 Å². The predicted molar refractivity (Wildman–Crippen MR) is 146 cm³/mol. The summed E-state index contributed by atoms with van der Waals surface area (Å²) in [6.07, 6.45) is 5.16. The van der Waals surface area contributed by atoms with E-state index in [2.05, 4.69) is 72.8 Å². The van der Waals surface area contributed by atoms with E-state index in [0.717, 1.165) is 41.3 Å². The number of para-hydroxylation sites is 1. The molecule has 0 saturated heterocycles. The number of hydrogen-bond donors (Lipinski definition) is 2. The van der Waals surface area contributed by atoms with E-state index in [0.29, 0.717) is 17.9 Å². The van der Waals surface area contributed by atoms with Crippen molar-refractivity contribution in [2.45, 2.75) is 51.5 Å². The lowest BCUT2D eigenvalue weighted by molar-refractivity contribution is -0.121. The van der Waals surface area contributed by atoms with E-state index in [4.69, 9.17) is 9.47 Å². The summed E-state index contributed by atoms with van der Waals surface area (Å²) in [5.41, 5.74) is 5.82. The van der Waals surface area contributed by atoms with Crippen LogP contribution in [0.5, 0.6) is 11.5 Å². The number of nitrogens with one attached hydrogen (secondary N) is 2. The standard InChI is InChI=1S/C31H36N2O3/c1-5-23-12-9-13-25-27(20-32-31(23)25)26(24-16-17-28(35-3)29(18-24)36-4)19-30(34)33-21(2)14-15-22-10-7-6-8-11-22/h6-13,16-18,20-21,26,32H,5,14-15,19H2,1-4H3,(H,33,34)/t21-,26+/m0/s1. The number of carbonyl (C=O) groups excluding carboxylic acids is 1. The van der Waals surface area contributed by atoms with Gasteiger partial charge < -0.3 is 19.8 Å². The Morgan fingerprint density at radius 1 is 0.972 bits per heavy atom. The SMILES string of the molecule is CCc1cccc2c([C@H](CC(=O)N[C@@H](C)CCc3ccccc3)c3ccc(OC)c(OC)c3)c[nH]c12. The molecule has 4 aromatic rings. The van der Waals surface area contributed by atoms with Crippen LogP contribution in [0, 0.1) is 0 Å². The molecular formula is C31H36N2O3. The van der Waals surface area contributed by atoms with Crippen molar-refractivity contribution >= 4 is 16.8 Å². The highest BCUT2D eigenvalue weighted by Gasteiger charge is 2.24. The number of H-pyrrole nitrogens is 1. The smallest absolute Gasteiger partial charge is 0.221 e. The Kier molecular flexibility index (Phi) is 8.32. The van der Waals surface area contributed by atoms with Crippen molar-refractivity contribution in [1.29, 1.82) is 0 Å². The van der Waals surface area contributed by atoms with Gasteiger partial charge in [-0.2, -0.15) is 0 Å². The first-order chi connectivity index (χ1) is 17.5. The van der Waals surface area contributed by atoms with E-state index in [9.17, 15) is 4.79 Å². The molecule has 5 heteroatoms. The van der Waals surface area contributed by atoms with Crippen molar-refractivity contribution in [3.05, 3.63) is 95.2 Å². The summed E-state index contributed by atoms with van der Waals surface area (Å²) >= 11 is 0. The maximum atomic E-state index is 13.3. The minimum atomic E-state index is -0.132. The molecule has 0 spiro atoms. The summed E-state index contributed by atoms with van der Waals surface area (Å²) in [6.45, 7) is 4.23. The second kappa shape index (κ2) is 11.8. The molecule has 1 heterocycles. The third-order valence-electron chi connectivity index (χ3n) is 6.91. The Hall–Kier alpha value is -3.73. The van der Waals surface area contributed by atoms with E-state index in [1.54, 1.807) is 14.2 Å². The number of rotatable bonds is 11. The van der Waals surface area contributed by atoms with Gasteiger partial charge in [-0.05, 0) is 60.6 Å². The second-order valence-corrected chi connectivity index (χ2v) is 9.30. The topological polar surface area (TPSA) is 63.4 Å². The van der Waals surface area contributed by atoms with Crippen LogP contribution in [0.3, 0.4) is 0 Å². The highest BCUT2D eigenvalue weighted by molar-refractivity contribution is 5.88. The zero-order valence-corrected chi connectivity index (χ0v) is 21.6. The van der Waals surface area contributed by atoms with Gasteiger partial charge >= 0.3 is 0 Å². The number of aromatic amines is 1. The molecule has 0 aliphatic heterocycles. The number of amides is 1. The largest absolute Gasteiger partial charge is 0.493 e. The molecule has 0 aliphatic carbocycles. The number of benzene rings is 3. The average molecular weight is 485 g/mol. The summed E-state index contributed by atoms with van der Waals surface area (Å²) in [5, 5.41) is 4.38. The van der Waals surface area contributed by atoms with Gasteiger partial charge in [0, 0.05) is 35.5 Å². The van der Waals surface area contributed by atoms with Crippen molar-refractivity contribution in [2.24, 2.45) is 0 Å². The minimum Gasteiger partial charge on any atom is -0.493 e. The lowest BCUT2D eigenvalue weighted by atomic mass is 9.87. The van der Waals surface area contributed by atoms with Crippen molar-refractivity contribution in [3.8, 4) is 11.5 Å². The molecule has 4 rings (SSSR count). The fourth-order valence-electron chi connectivity index (χ4n) is 4.92. The number of hydrogen-bond acceptors (Lipinski definition) is 3. The zero-order valence-electron chi connectivity index (χ0n) is 21.6. The first-order valence-electron chi connectivity index (χ1n) is 12.7. The number of fused-ring (bicyclic) bond motifs is 1. The average Bonchev–Trinajstić information content (AvgIpc) is 3.35. The molecule has 2 atom stereocenters. The number of carbonyl (C=O) groups is 1. The molecular weight excluding hydrogens is 448 g/mol. The van der Waals surface area contributed by atoms with Crippen molar-refractivity contribution in [3.63, 3.8) is 0 Å². The number of ether oxygens (including phenoxy) is 2. The van der Waals surface area contributed by atoms with Crippen LogP contribution in [-0.4, -0.2) is 31.2 Å². The van der Waals surface area contributed by atoms with Crippen molar-refractivity contribution in [2.75, 3.05) is 14.2 Å². The highest BCUT2D eigenvalue weighted by atomic mass is 16.5. The van der Waals surface area contributed by atoms with E-state index in [1.807, 2.05) is 24.3 Å². The summed E-state index contributed by atoms with van der Waals surface area (Å²) in [5.74, 6) is 1.24. The van der Waals surface area contributed by atoms with Gasteiger partial charge in [0.05, 0.1) is 14.2 Å². The first kappa shape index (κ1) is 25.4. The van der Waals surface area contributed by atoms with E-state index in [1.165, 1.54) is 11.1 Å². The molecule has 36 heavy (non-hydrogen) atoms. The van der Waals surface area contributed by atoms with Gasteiger partial charge in [0.25, 0.3) is 0 Å². The maximum absolute atomic E-state index is 13.3.